The number of furan rings is 1. The maximum atomic E-state index is 13.6. The molecular weight excluding hydrogens is 505 g/mol. The van der Waals surface area contributed by atoms with E-state index in [1.807, 2.05) is 59.5 Å². The van der Waals surface area contributed by atoms with Crippen LogP contribution >= 0.6 is 28.1 Å². The molecule has 5 rings (SSSR count). The molecule has 3 heterocycles. The number of pyridine rings is 1. The van der Waals surface area contributed by atoms with Gasteiger partial charge < -0.3 is 19.4 Å². The second-order valence-corrected chi connectivity index (χ2v) is 8.74. The van der Waals surface area contributed by atoms with Crippen LogP contribution in [0.25, 0.3) is 11.3 Å². The van der Waals surface area contributed by atoms with Crippen LogP contribution in [0.5, 0.6) is 5.75 Å². The van der Waals surface area contributed by atoms with E-state index in [0.717, 1.165) is 16.9 Å². The van der Waals surface area contributed by atoms with Crippen molar-refractivity contribution in [3.63, 3.8) is 0 Å². The number of halogens is 2. The zero-order valence-corrected chi connectivity index (χ0v) is 19.9. The van der Waals surface area contributed by atoms with E-state index in [1.54, 1.807) is 19.4 Å². The van der Waals surface area contributed by atoms with Gasteiger partial charge in [0, 0.05) is 16.2 Å². The molecule has 33 heavy (non-hydrogen) atoms. The molecule has 0 aliphatic carbocycles. The van der Waals surface area contributed by atoms with Crippen molar-refractivity contribution in [1.82, 2.24) is 10.3 Å². The lowest BCUT2D eigenvalue weighted by atomic mass is 10.0. The summed E-state index contributed by atoms with van der Waals surface area (Å²) in [7, 11) is 1.63. The molecule has 0 bridgehead atoms. The van der Waals surface area contributed by atoms with Crippen molar-refractivity contribution in [2.75, 3.05) is 12.0 Å². The molecule has 166 valence electrons. The smallest absolute Gasteiger partial charge is 0.174 e. The van der Waals surface area contributed by atoms with Gasteiger partial charge in [-0.3, -0.25) is 4.98 Å². The first-order valence-electron chi connectivity index (χ1n) is 10.3. The van der Waals surface area contributed by atoms with Gasteiger partial charge in [-0.25, -0.2) is 4.39 Å². The van der Waals surface area contributed by atoms with Crippen LogP contribution in [0.1, 0.15) is 23.5 Å². The molecule has 2 atom stereocenters. The van der Waals surface area contributed by atoms with E-state index in [2.05, 4.69) is 26.2 Å². The molecule has 1 saturated heterocycles. The lowest BCUT2D eigenvalue weighted by Gasteiger charge is -2.27. The number of nitrogens with zero attached hydrogens (tertiary/aromatic N) is 2. The number of nitrogens with one attached hydrogen (secondary N) is 1. The summed E-state index contributed by atoms with van der Waals surface area (Å²) in [5, 5.41) is 3.95. The summed E-state index contributed by atoms with van der Waals surface area (Å²) in [6.45, 7) is 0. The summed E-state index contributed by atoms with van der Waals surface area (Å²) < 4.78 is 26.2. The fraction of sp³-hybridized carbons (Fsp3) is 0.120. The number of ether oxygens (including phenoxy) is 1. The van der Waals surface area contributed by atoms with Gasteiger partial charge in [0.1, 0.15) is 29.1 Å². The Morgan fingerprint density at radius 2 is 1.91 bits per heavy atom. The third-order valence-electron chi connectivity index (χ3n) is 5.56. The molecule has 1 fully saturated rings. The zero-order valence-electron chi connectivity index (χ0n) is 17.5. The molecule has 1 N–H and O–H groups in total. The fourth-order valence-corrected chi connectivity index (χ4v) is 4.96. The fourth-order valence-electron chi connectivity index (χ4n) is 4.08. The number of para-hydroxylation sites is 2. The van der Waals surface area contributed by atoms with E-state index in [1.165, 1.54) is 12.1 Å². The number of anilines is 1. The molecule has 2 aromatic carbocycles. The van der Waals surface area contributed by atoms with Crippen molar-refractivity contribution in [2.45, 2.75) is 12.1 Å². The van der Waals surface area contributed by atoms with Gasteiger partial charge in [0.25, 0.3) is 0 Å². The Morgan fingerprint density at radius 1 is 1.09 bits per heavy atom. The molecule has 0 spiro atoms. The SMILES string of the molecule is COc1ccccc1N1C(=S)N[C@@H](c2ccccn2)[C@H]1c1ccc(-c2ccc(F)cc2Br)o1. The summed E-state index contributed by atoms with van der Waals surface area (Å²) in [5.74, 6) is 1.69. The summed E-state index contributed by atoms with van der Waals surface area (Å²) in [6.07, 6.45) is 1.76. The van der Waals surface area contributed by atoms with Gasteiger partial charge in [-0.05, 0) is 82.7 Å². The number of benzene rings is 2. The first kappa shape index (κ1) is 21.6. The van der Waals surface area contributed by atoms with Gasteiger partial charge in [0.05, 0.1) is 24.5 Å². The predicted molar refractivity (Wildman–Crippen MR) is 133 cm³/mol. The van der Waals surface area contributed by atoms with Crippen molar-refractivity contribution < 1.29 is 13.5 Å². The van der Waals surface area contributed by atoms with Gasteiger partial charge in [-0.15, -0.1) is 0 Å². The van der Waals surface area contributed by atoms with Gasteiger partial charge in [0.2, 0.25) is 0 Å². The minimum absolute atomic E-state index is 0.251. The van der Waals surface area contributed by atoms with Crippen LogP contribution < -0.4 is 15.0 Å². The van der Waals surface area contributed by atoms with Gasteiger partial charge in [-0.2, -0.15) is 0 Å². The number of rotatable bonds is 5. The minimum Gasteiger partial charge on any atom is -0.495 e. The van der Waals surface area contributed by atoms with E-state index in [9.17, 15) is 4.39 Å². The molecule has 0 unspecified atom stereocenters. The third-order valence-corrected chi connectivity index (χ3v) is 6.53. The lowest BCUT2D eigenvalue weighted by molar-refractivity contribution is 0.409. The van der Waals surface area contributed by atoms with Crippen molar-refractivity contribution in [2.24, 2.45) is 0 Å². The minimum atomic E-state index is -0.323. The Kier molecular flexibility index (Phi) is 5.86. The summed E-state index contributed by atoms with van der Waals surface area (Å²) >= 11 is 9.19. The van der Waals surface area contributed by atoms with Crippen molar-refractivity contribution in [3.05, 3.63) is 101 Å². The van der Waals surface area contributed by atoms with Crippen LogP contribution in [0.2, 0.25) is 0 Å². The number of hydrogen-bond acceptors (Lipinski definition) is 4. The quantitative estimate of drug-likeness (QED) is 0.304. The standard InChI is InChI=1S/C25H19BrFN3O2S/c1-31-21-8-3-2-7-19(21)30-24(23(29-25(30)33)18-6-4-5-13-28-18)22-12-11-20(32-22)16-10-9-15(27)14-17(16)26/h2-14,23-24H,1H3,(H,29,33)/t23-,24+/m0/s1. The summed E-state index contributed by atoms with van der Waals surface area (Å²) in [5.41, 5.74) is 2.42. The Morgan fingerprint density at radius 3 is 2.67 bits per heavy atom. The predicted octanol–water partition coefficient (Wildman–Crippen LogP) is 6.43. The van der Waals surface area contributed by atoms with Crippen LogP contribution in [0.4, 0.5) is 10.1 Å². The van der Waals surface area contributed by atoms with Crippen LogP contribution in [0.15, 0.2) is 87.9 Å². The Balaban J connectivity index is 1.63. The Bertz CT molecular complexity index is 1310. The zero-order chi connectivity index (χ0) is 22.9. The molecule has 1 aliphatic rings. The average Bonchev–Trinajstić information content (AvgIpc) is 3.44. The monoisotopic (exact) mass is 523 g/mol. The molecule has 4 aromatic rings. The number of aromatic nitrogens is 1. The summed E-state index contributed by atoms with van der Waals surface area (Å²) in [4.78, 5) is 6.56. The Hall–Kier alpha value is -3.23. The van der Waals surface area contributed by atoms with Gasteiger partial charge in [-0.1, -0.05) is 18.2 Å². The maximum absolute atomic E-state index is 13.6. The van der Waals surface area contributed by atoms with Gasteiger partial charge >= 0.3 is 0 Å². The van der Waals surface area contributed by atoms with E-state index in [4.69, 9.17) is 21.4 Å². The van der Waals surface area contributed by atoms with Crippen molar-refractivity contribution in [3.8, 4) is 17.1 Å². The van der Waals surface area contributed by atoms with Crippen molar-refractivity contribution >= 4 is 38.9 Å². The van der Waals surface area contributed by atoms with Crippen LogP contribution in [-0.2, 0) is 0 Å². The second kappa shape index (κ2) is 8.96. The van der Waals surface area contributed by atoms with E-state index >= 15 is 0 Å². The number of methoxy groups -OCH3 is 1. The second-order valence-electron chi connectivity index (χ2n) is 7.49. The molecule has 8 heteroatoms. The molecule has 5 nitrogen and oxygen atoms in total. The largest absolute Gasteiger partial charge is 0.495 e. The van der Waals surface area contributed by atoms with Crippen LogP contribution in [-0.4, -0.2) is 17.2 Å². The highest BCUT2D eigenvalue weighted by Crippen LogP contribution is 2.45. The molecule has 1 aliphatic heterocycles. The topological polar surface area (TPSA) is 50.5 Å². The molecule has 0 radical (unpaired) electrons. The number of thiocarbonyl (C=S) groups is 1. The van der Waals surface area contributed by atoms with E-state index in [0.29, 0.717) is 26.9 Å². The van der Waals surface area contributed by atoms with Crippen molar-refractivity contribution in [1.29, 1.82) is 0 Å². The van der Waals surface area contributed by atoms with E-state index in [-0.39, 0.29) is 17.9 Å². The summed E-state index contributed by atoms with van der Waals surface area (Å²) in [6, 6.07) is 21.2. The van der Waals surface area contributed by atoms with Crippen LogP contribution in [0, 0.1) is 5.82 Å². The average molecular weight is 524 g/mol. The molecule has 2 aromatic heterocycles. The normalized spacial score (nSPS) is 17.8. The third kappa shape index (κ3) is 4.00. The highest BCUT2D eigenvalue weighted by Gasteiger charge is 2.43. The maximum Gasteiger partial charge on any atom is 0.174 e. The van der Waals surface area contributed by atoms with Crippen LogP contribution in [0.3, 0.4) is 0 Å². The van der Waals surface area contributed by atoms with E-state index < -0.39 is 0 Å². The Labute approximate surface area is 204 Å². The molecular formula is C25H19BrFN3O2S. The van der Waals surface area contributed by atoms with Gasteiger partial charge in [0.15, 0.2) is 5.11 Å². The highest BCUT2D eigenvalue weighted by molar-refractivity contribution is 9.10. The highest BCUT2D eigenvalue weighted by atomic mass is 79.9. The number of hydrogen-bond donors (Lipinski definition) is 1. The first-order valence-corrected chi connectivity index (χ1v) is 11.5. The molecule has 0 amide bonds. The first-order chi connectivity index (χ1) is 16.1. The lowest BCUT2D eigenvalue weighted by Crippen LogP contribution is -2.29. The molecule has 0 saturated carbocycles.